The Hall–Kier alpha value is -2.21. The highest BCUT2D eigenvalue weighted by Crippen LogP contribution is 2.56. The molecule has 7 heteroatoms. The molecule has 4 rings (SSSR count). The van der Waals surface area contributed by atoms with E-state index < -0.39 is 11.4 Å². The summed E-state index contributed by atoms with van der Waals surface area (Å²) >= 11 is 5.96. The van der Waals surface area contributed by atoms with Crippen LogP contribution in [0.15, 0.2) is 35.4 Å². The fourth-order valence-electron chi connectivity index (χ4n) is 4.13. The number of halogens is 2. The molecule has 1 N–H and O–H groups in total. The van der Waals surface area contributed by atoms with Gasteiger partial charge in [0.25, 0.3) is 11.5 Å². The Morgan fingerprint density at radius 1 is 1.36 bits per heavy atom. The lowest BCUT2D eigenvalue weighted by atomic mass is 9.61. The van der Waals surface area contributed by atoms with Crippen LogP contribution < -0.4 is 5.56 Å². The highest BCUT2D eigenvalue weighted by molar-refractivity contribution is 6.30. The molecule has 5 nitrogen and oxygen atoms in total. The third-order valence-corrected chi connectivity index (χ3v) is 5.82. The summed E-state index contributed by atoms with van der Waals surface area (Å²) in [5, 5.41) is 0.105. The summed E-state index contributed by atoms with van der Waals surface area (Å²) in [6.45, 7) is 0.965. The second-order valence-corrected chi connectivity index (χ2v) is 7.31. The Labute approximate surface area is 148 Å². The van der Waals surface area contributed by atoms with Crippen LogP contribution in [0.25, 0.3) is 0 Å². The molecule has 2 heterocycles. The van der Waals surface area contributed by atoms with Crippen molar-refractivity contribution in [2.75, 3.05) is 13.1 Å². The van der Waals surface area contributed by atoms with Crippen LogP contribution in [0.3, 0.4) is 0 Å². The first-order valence-electron chi connectivity index (χ1n) is 8.28. The number of H-pyrrole nitrogens is 1. The first-order valence-corrected chi connectivity index (χ1v) is 8.65. The first-order chi connectivity index (χ1) is 12.0. The fraction of sp³-hybridized carbons (Fsp3) is 0.389. The summed E-state index contributed by atoms with van der Waals surface area (Å²) in [7, 11) is 0. The number of benzene rings is 1. The summed E-state index contributed by atoms with van der Waals surface area (Å²) < 4.78 is 14.6. The summed E-state index contributed by atoms with van der Waals surface area (Å²) in [6.07, 6.45) is 5.46. The topological polar surface area (TPSA) is 66.1 Å². The predicted octanol–water partition coefficient (Wildman–Crippen LogP) is 2.97. The van der Waals surface area contributed by atoms with Crippen molar-refractivity contribution in [1.82, 2.24) is 14.9 Å². The zero-order valence-electron chi connectivity index (χ0n) is 13.5. The number of amides is 1. The van der Waals surface area contributed by atoms with Crippen molar-refractivity contribution in [3.05, 3.63) is 63.0 Å². The average Bonchev–Trinajstić information content (AvgIpc) is 2.97. The molecule has 25 heavy (non-hydrogen) atoms. The average molecular weight is 362 g/mol. The van der Waals surface area contributed by atoms with E-state index in [0.29, 0.717) is 18.7 Å². The number of hydrogen-bond donors (Lipinski definition) is 1. The molecule has 1 unspecified atom stereocenters. The molecule has 2 fully saturated rings. The number of rotatable bonds is 2. The van der Waals surface area contributed by atoms with E-state index in [1.807, 2.05) is 0 Å². The van der Waals surface area contributed by atoms with Crippen LogP contribution >= 0.6 is 11.6 Å². The van der Waals surface area contributed by atoms with E-state index in [2.05, 4.69) is 9.97 Å². The van der Waals surface area contributed by atoms with E-state index in [4.69, 9.17) is 11.6 Å². The van der Waals surface area contributed by atoms with Gasteiger partial charge in [-0.3, -0.25) is 14.6 Å². The van der Waals surface area contributed by atoms with E-state index in [1.165, 1.54) is 12.3 Å². The van der Waals surface area contributed by atoms with E-state index in [-0.39, 0.29) is 28.0 Å². The second-order valence-electron chi connectivity index (χ2n) is 6.91. The number of nitrogens with zero attached hydrogens (tertiary/aromatic N) is 2. The lowest BCUT2D eigenvalue weighted by Crippen LogP contribution is -2.38. The van der Waals surface area contributed by atoms with Gasteiger partial charge in [-0.2, -0.15) is 0 Å². The lowest BCUT2D eigenvalue weighted by molar-refractivity contribution is 0.0718. The minimum atomic E-state index is -0.416. The van der Waals surface area contributed by atoms with Gasteiger partial charge in [0.15, 0.2) is 0 Å². The zero-order valence-corrected chi connectivity index (χ0v) is 14.2. The highest BCUT2D eigenvalue weighted by Gasteiger charge is 2.52. The molecule has 130 valence electrons. The van der Waals surface area contributed by atoms with Crippen molar-refractivity contribution in [3.63, 3.8) is 0 Å². The summed E-state index contributed by atoms with van der Waals surface area (Å²) in [5.41, 5.74) is 0.209. The Bertz CT molecular complexity index is 894. The van der Waals surface area contributed by atoms with Crippen molar-refractivity contribution in [2.24, 2.45) is 5.41 Å². The molecule has 1 atom stereocenters. The molecule has 2 aromatic rings. The second kappa shape index (κ2) is 5.95. The number of carbonyl (C=O) groups is 1. The number of aromatic amines is 1. The minimum Gasteiger partial charge on any atom is -0.336 e. The van der Waals surface area contributed by atoms with Gasteiger partial charge >= 0.3 is 0 Å². The standard InChI is InChI=1S/C18H17ClFN3O2/c19-13-4-1-3-11(16(13)20)12-9-23(10-18(12)5-2-6-18)17(25)14-7-21-8-15(24)22-14/h1,3-4,7-8,12H,2,5-6,9-10H2,(H,22,24). The Morgan fingerprint density at radius 3 is 2.84 bits per heavy atom. The molecule has 1 saturated carbocycles. The van der Waals surface area contributed by atoms with Crippen LogP contribution in [0.4, 0.5) is 4.39 Å². The van der Waals surface area contributed by atoms with Gasteiger partial charge in [0.1, 0.15) is 11.5 Å². The van der Waals surface area contributed by atoms with Crippen LogP contribution in [0.1, 0.15) is 41.2 Å². The lowest BCUT2D eigenvalue weighted by Gasteiger charge is -2.43. The molecule has 1 aliphatic heterocycles. The smallest absolute Gasteiger partial charge is 0.272 e. The SMILES string of the molecule is O=C(c1cncc(=O)[nH]1)N1CC(c2cccc(Cl)c2F)C2(CCC2)C1. The number of hydrogen-bond acceptors (Lipinski definition) is 3. The van der Waals surface area contributed by atoms with Gasteiger partial charge in [0, 0.05) is 19.0 Å². The van der Waals surface area contributed by atoms with E-state index in [0.717, 1.165) is 25.5 Å². The molecule has 1 aliphatic carbocycles. The van der Waals surface area contributed by atoms with E-state index in [1.54, 1.807) is 17.0 Å². The van der Waals surface area contributed by atoms with Gasteiger partial charge in [-0.25, -0.2) is 4.39 Å². The normalized spacial score (nSPS) is 21.4. The molecule has 1 spiro atoms. The van der Waals surface area contributed by atoms with Gasteiger partial charge in [0.05, 0.1) is 17.4 Å². The first kappa shape index (κ1) is 16.3. The Balaban J connectivity index is 1.67. The third kappa shape index (κ3) is 2.65. The van der Waals surface area contributed by atoms with Crippen LogP contribution in [-0.2, 0) is 0 Å². The fourth-order valence-corrected chi connectivity index (χ4v) is 4.32. The van der Waals surface area contributed by atoms with Gasteiger partial charge < -0.3 is 9.88 Å². The maximum Gasteiger partial charge on any atom is 0.272 e. The van der Waals surface area contributed by atoms with Crippen LogP contribution in [0, 0.1) is 11.2 Å². The minimum absolute atomic E-state index is 0.0905. The van der Waals surface area contributed by atoms with Crippen molar-refractivity contribution in [1.29, 1.82) is 0 Å². The zero-order chi connectivity index (χ0) is 17.6. The van der Waals surface area contributed by atoms with Crippen LogP contribution in [0.5, 0.6) is 0 Å². The molecule has 1 saturated heterocycles. The van der Waals surface area contributed by atoms with Gasteiger partial charge in [-0.1, -0.05) is 30.2 Å². The Kier molecular flexibility index (Phi) is 3.87. The van der Waals surface area contributed by atoms with E-state index in [9.17, 15) is 14.0 Å². The molecule has 2 aliphatic rings. The molecular weight excluding hydrogens is 345 g/mol. The van der Waals surface area contributed by atoms with Crippen LogP contribution in [-0.4, -0.2) is 33.9 Å². The quantitative estimate of drug-likeness (QED) is 0.894. The molecule has 1 amide bonds. The van der Waals surface area contributed by atoms with Gasteiger partial charge in [-0.15, -0.1) is 0 Å². The number of nitrogens with one attached hydrogen (secondary N) is 1. The molecule has 1 aromatic carbocycles. The maximum absolute atomic E-state index is 14.6. The van der Waals surface area contributed by atoms with E-state index >= 15 is 0 Å². The van der Waals surface area contributed by atoms with Gasteiger partial charge in [0.2, 0.25) is 0 Å². The third-order valence-electron chi connectivity index (χ3n) is 5.53. The number of aromatic nitrogens is 2. The highest BCUT2D eigenvalue weighted by atomic mass is 35.5. The summed E-state index contributed by atoms with van der Waals surface area (Å²) in [5.74, 6) is -0.766. The van der Waals surface area contributed by atoms with Crippen molar-refractivity contribution in [3.8, 4) is 0 Å². The van der Waals surface area contributed by atoms with Gasteiger partial charge in [-0.05, 0) is 29.9 Å². The molecule has 0 radical (unpaired) electrons. The summed E-state index contributed by atoms with van der Waals surface area (Å²) in [4.78, 5) is 32.2. The largest absolute Gasteiger partial charge is 0.336 e. The summed E-state index contributed by atoms with van der Waals surface area (Å²) in [6, 6.07) is 5.04. The number of carbonyl (C=O) groups excluding carboxylic acids is 1. The molecule has 0 bridgehead atoms. The predicted molar refractivity (Wildman–Crippen MR) is 91.2 cm³/mol. The maximum atomic E-state index is 14.6. The molecular formula is C18H17ClFN3O2. The van der Waals surface area contributed by atoms with Crippen LogP contribution in [0.2, 0.25) is 5.02 Å². The van der Waals surface area contributed by atoms with Crippen molar-refractivity contribution in [2.45, 2.75) is 25.2 Å². The van der Waals surface area contributed by atoms with Crippen molar-refractivity contribution < 1.29 is 9.18 Å². The Morgan fingerprint density at radius 2 is 2.16 bits per heavy atom. The monoisotopic (exact) mass is 361 g/mol. The number of likely N-dealkylation sites (tertiary alicyclic amines) is 1. The van der Waals surface area contributed by atoms with Crippen molar-refractivity contribution >= 4 is 17.5 Å². The molecule has 1 aromatic heterocycles.